The van der Waals surface area contributed by atoms with Gasteiger partial charge in [0.15, 0.2) is 11.5 Å². The summed E-state index contributed by atoms with van der Waals surface area (Å²) < 4.78 is 1.71. The third-order valence-electron chi connectivity index (χ3n) is 3.53. The van der Waals surface area contributed by atoms with Crippen LogP contribution < -0.4 is 5.73 Å². The second-order valence-electron chi connectivity index (χ2n) is 4.89. The van der Waals surface area contributed by atoms with Crippen molar-refractivity contribution in [3.8, 4) is 17.1 Å². The largest absolute Gasteiger partial charge is 0.382 e. The molecule has 5 nitrogen and oxygen atoms in total. The van der Waals surface area contributed by atoms with Crippen molar-refractivity contribution in [2.24, 2.45) is 0 Å². The molecule has 2 N–H and O–H groups in total. The molecule has 5 heteroatoms. The van der Waals surface area contributed by atoms with E-state index in [9.17, 15) is 0 Å². The molecule has 0 atom stereocenters. The first-order valence-corrected chi connectivity index (χ1v) is 6.93. The van der Waals surface area contributed by atoms with Crippen molar-refractivity contribution in [2.45, 2.75) is 20.3 Å². The Labute approximate surface area is 123 Å². The molecule has 0 aliphatic rings. The zero-order valence-electron chi connectivity index (χ0n) is 12.1. The monoisotopic (exact) mass is 279 g/mol. The van der Waals surface area contributed by atoms with E-state index >= 15 is 0 Å². The molecule has 3 rings (SSSR count). The molecule has 21 heavy (non-hydrogen) atoms. The highest BCUT2D eigenvalue weighted by molar-refractivity contribution is 5.68. The summed E-state index contributed by atoms with van der Waals surface area (Å²) in [6, 6.07) is 11.8. The summed E-state index contributed by atoms with van der Waals surface area (Å²) in [7, 11) is 0. The fourth-order valence-corrected chi connectivity index (χ4v) is 2.45. The third kappa shape index (κ3) is 2.27. The summed E-state index contributed by atoms with van der Waals surface area (Å²) in [5.41, 5.74) is 10.9. The number of hydrogen-bond acceptors (Lipinski definition) is 4. The summed E-state index contributed by atoms with van der Waals surface area (Å²) in [4.78, 5) is 4.29. The van der Waals surface area contributed by atoms with E-state index in [4.69, 9.17) is 5.73 Å². The van der Waals surface area contributed by atoms with Gasteiger partial charge in [-0.05, 0) is 36.6 Å². The lowest BCUT2D eigenvalue weighted by Gasteiger charge is -2.12. The van der Waals surface area contributed by atoms with Gasteiger partial charge in [0.25, 0.3) is 0 Å². The zero-order chi connectivity index (χ0) is 14.8. The van der Waals surface area contributed by atoms with Gasteiger partial charge in [0, 0.05) is 6.20 Å². The smallest absolute Gasteiger partial charge is 0.157 e. The number of aryl methyl sites for hydroxylation is 2. The van der Waals surface area contributed by atoms with E-state index in [1.165, 1.54) is 5.56 Å². The summed E-state index contributed by atoms with van der Waals surface area (Å²) in [5, 5.41) is 8.44. The van der Waals surface area contributed by atoms with Gasteiger partial charge in [-0.3, -0.25) is 4.98 Å². The number of rotatable bonds is 3. The summed E-state index contributed by atoms with van der Waals surface area (Å²) in [6.45, 7) is 4.17. The molecule has 0 saturated carbocycles. The lowest BCUT2D eigenvalue weighted by Crippen LogP contribution is -2.07. The number of anilines is 1. The van der Waals surface area contributed by atoms with E-state index in [0.29, 0.717) is 11.5 Å². The minimum atomic E-state index is 0.512. The first-order valence-electron chi connectivity index (χ1n) is 6.93. The molecule has 2 heterocycles. The molecule has 0 unspecified atom stereocenters. The van der Waals surface area contributed by atoms with Gasteiger partial charge < -0.3 is 5.73 Å². The number of benzene rings is 1. The number of aromatic nitrogens is 4. The maximum absolute atomic E-state index is 6.26. The van der Waals surface area contributed by atoms with Gasteiger partial charge in [-0.25, -0.2) is 0 Å². The Morgan fingerprint density at radius 2 is 2.00 bits per heavy atom. The molecule has 0 saturated heterocycles. The predicted octanol–water partition coefficient (Wildman–Crippen LogP) is 2.78. The molecule has 1 aromatic carbocycles. The van der Waals surface area contributed by atoms with Crippen LogP contribution in [-0.2, 0) is 6.42 Å². The van der Waals surface area contributed by atoms with Crippen LogP contribution >= 0.6 is 0 Å². The molecule has 2 aromatic heterocycles. The van der Waals surface area contributed by atoms with Gasteiger partial charge in [0.1, 0.15) is 0 Å². The van der Waals surface area contributed by atoms with Crippen LogP contribution in [0.4, 0.5) is 5.82 Å². The van der Waals surface area contributed by atoms with Crippen molar-refractivity contribution in [1.82, 2.24) is 20.0 Å². The van der Waals surface area contributed by atoms with Crippen molar-refractivity contribution in [1.29, 1.82) is 0 Å². The van der Waals surface area contributed by atoms with E-state index in [2.05, 4.69) is 41.3 Å². The molecule has 0 fully saturated rings. The van der Waals surface area contributed by atoms with Crippen LogP contribution in [0, 0.1) is 6.92 Å². The van der Waals surface area contributed by atoms with Crippen LogP contribution in [0.3, 0.4) is 0 Å². The maximum atomic E-state index is 6.26. The fraction of sp³-hybridized carbons (Fsp3) is 0.188. The topological polar surface area (TPSA) is 69.6 Å². The summed E-state index contributed by atoms with van der Waals surface area (Å²) in [5.74, 6) is 0.512. The third-order valence-corrected chi connectivity index (χ3v) is 3.53. The Morgan fingerprint density at radius 3 is 2.71 bits per heavy atom. The summed E-state index contributed by atoms with van der Waals surface area (Å²) in [6.07, 6.45) is 2.63. The molecule has 0 aliphatic heterocycles. The number of nitrogens with two attached hydrogens (primary N) is 1. The highest BCUT2D eigenvalue weighted by atomic mass is 15.5. The maximum Gasteiger partial charge on any atom is 0.157 e. The SMILES string of the molecule is CCc1cccc(C)c1-n1nnc(-c2ccccn2)c1N. The van der Waals surface area contributed by atoms with E-state index in [1.54, 1.807) is 10.9 Å². The second kappa shape index (κ2) is 5.36. The van der Waals surface area contributed by atoms with Crippen LogP contribution in [-0.4, -0.2) is 20.0 Å². The lowest BCUT2D eigenvalue weighted by atomic mass is 10.1. The molecule has 3 aromatic rings. The van der Waals surface area contributed by atoms with Gasteiger partial charge in [-0.2, -0.15) is 4.68 Å². The number of pyridine rings is 1. The van der Waals surface area contributed by atoms with Crippen LogP contribution in [0.2, 0.25) is 0 Å². The van der Waals surface area contributed by atoms with Crippen molar-refractivity contribution in [3.05, 3.63) is 53.7 Å². The molecular formula is C16H17N5. The number of para-hydroxylation sites is 1. The molecule has 106 valence electrons. The molecular weight excluding hydrogens is 262 g/mol. The minimum absolute atomic E-state index is 0.512. The van der Waals surface area contributed by atoms with Gasteiger partial charge in [-0.1, -0.05) is 36.4 Å². The van der Waals surface area contributed by atoms with Crippen molar-refractivity contribution >= 4 is 5.82 Å². The minimum Gasteiger partial charge on any atom is -0.382 e. The average molecular weight is 279 g/mol. The molecule has 0 bridgehead atoms. The predicted molar refractivity (Wildman–Crippen MR) is 83.1 cm³/mol. The highest BCUT2D eigenvalue weighted by Crippen LogP contribution is 2.27. The lowest BCUT2D eigenvalue weighted by molar-refractivity contribution is 0.795. The van der Waals surface area contributed by atoms with Crippen LogP contribution in [0.25, 0.3) is 17.1 Å². The Morgan fingerprint density at radius 1 is 1.14 bits per heavy atom. The highest BCUT2D eigenvalue weighted by Gasteiger charge is 2.16. The molecule has 0 amide bonds. The quantitative estimate of drug-likeness (QED) is 0.800. The van der Waals surface area contributed by atoms with Crippen LogP contribution in [0.5, 0.6) is 0 Å². The van der Waals surface area contributed by atoms with Gasteiger partial charge in [0.2, 0.25) is 0 Å². The number of nitrogen functional groups attached to an aromatic ring is 1. The molecule has 0 spiro atoms. The Bertz CT molecular complexity index is 762. The van der Waals surface area contributed by atoms with Gasteiger partial charge >= 0.3 is 0 Å². The van der Waals surface area contributed by atoms with Crippen molar-refractivity contribution < 1.29 is 0 Å². The zero-order valence-corrected chi connectivity index (χ0v) is 12.1. The molecule has 0 aliphatic carbocycles. The fourth-order valence-electron chi connectivity index (χ4n) is 2.45. The van der Waals surface area contributed by atoms with Crippen molar-refractivity contribution in [2.75, 3.05) is 5.73 Å². The first kappa shape index (κ1) is 13.3. The average Bonchev–Trinajstić information content (AvgIpc) is 2.89. The second-order valence-corrected chi connectivity index (χ2v) is 4.89. The Balaban J connectivity index is 2.17. The Hall–Kier alpha value is -2.69. The van der Waals surface area contributed by atoms with E-state index < -0.39 is 0 Å². The standard InChI is InChI=1S/C16H17N5/c1-3-12-8-6-7-11(2)15(12)21-16(17)14(19-20-21)13-9-4-5-10-18-13/h4-10H,3,17H2,1-2H3. The first-order chi connectivity index (χ1) is 10.2. The number of nitrogens with zero attached hydrogens (tertiary/aromatic N) is 4. The number of hydrogen-bond donors (Lipinski definition) is 1. The van der Waals surface area contributed by atoms with Crippen LogP contribution in [0.1, 0.15) is 18.1 Å². The molecule has 0 radical (unpaired) electrons. The van der Waals surface area contributed by atoms with E-state index in [-0.39, 0.29) is 0 Å². The van der Waals surface area contributed by atoms with Crippen LogP contribution in [0.15, 0.2) is 42.6 Å². The van der Waals surface area contributed by atoms with Crippen molar-refractivity contribution in [3.63, 3.8) is 0 Å². The summed E-state index contributed by atoms with van der Waals surface area (Å²) >= 11 is 0. The normalized spacial score (nSPS) is 10.8. The van der Waals surface area contributed by atoms with E-state index in [0.717, 1.165) is 23.4 Å². The van der Waals surface area contributed by atoms with E-state index in [1.807, 2.05) is 24.3 Å². The van der Waals surface area contributed by atoms with Gasteiger partial charge in [-0.15, -0.1) is 5.10 Å². The van der Waals surface area contributed by atoms with Gasteiger partial charge in [0.05, 0.1) is 11.4 Å². The Kier molecular flexibility index (Phi) is 3.39.